The van der Waals surface area contributed by atoms with Crippen molar-refractivity contribution < 1.29 is 4.74 Å². The quantitative estimate of drug-likeness (QED) is 0.784. The lowest BCUT2D eigenvalue weighted by Gasteiger charge is -2.09. The first-order valence-corrected chi connectivity index (χ1v) is 7.40. The van der Waals surface area contributed by atoms with Crippen molar-refractivity contribution in [3.05, 3.63) is 60.1 Å². The topological polar surface area (TPSA) is 64.9 Å². The second-order valence-electron chi connectivity index (χ2n) is 5.28. The van der Waals surface area contributed by atoms with E-state index in [0.717, 1.165) is 22.9 Å². The number of anilines is 1. The normalized spacial score (nSPS) is 10.6. The van der Waals surface area contributed by atoms with Gasteiger partial charge >= 0.3 is 0 Å². The molecule has 3 heterocycles. The van der Waals surface area contributed by atoms with Crippen LogP contribution in [-0.2, 0) is 13.6 Å². The van der Waals surface area contributed by atoms with Gasteiger partial charge in [-0.2, -0.15) is 0 Å². The van der Waals surface area contributed by atoms with E-state index in [9.17, 15) is 0 Å². The predicted octanol–water partition coefficient (Wildman–Crippen LogP) is 3.23. The molecule has 0 aromatic carbocycles. The van der Waals surface area contributed by atoms with E-state index >= 15 is 0 Å². The van der Waals surface area contributed by atoms with Crippen LogP contribution in [-0.4, -0.2) is 19.5 Å². The van der Waals surface area contributed by atoms with Gasteiger partial charge in [-0.1, -0.05) is 0 Å². The van der Waals surface area contributed by atoms with Gasteiger partial charge in [-0.25, -0.2) is 9.97 Å². The zero-order chi connectivity index (χ0) is 16.2. The molecule has 0 saturated heterocycles. The minimum atomic E-state index is 0.544. The predicted molar refractivity (Wildman–Crippen MR) is 88.6 cm³/mol. The van der Waals surface area contributed by atoms with Crippen LogP contribution in [0.15, 0.2) is 42.9 Å². The van der Waals surface area contributed by atoms with Crippen LogP contribution in [0.25, 0.3) is 0 Å². The van der Waals surface area contributed by atoms with E-state index in [1.54, 1.807) is 12.4 Å². The molecule has 3 aromatic heterocycles. The Balaban J connectivity index is 1.63. The van der Waals surface area contributed by atoms with Crippen LogP contribution in [0.4, 0.5) is 5.69 Å². The van der Waals surface area contributed by atoms with E-state index in [2.05, 4.69) is 24.8 Å². The molecule has 1 N–H and O–H groups in total. The Kier molecular flexibility index (Phi) is 4.23. The summed E-state index contributed by atoms with van der Waals surface area (Å²) < 4.78 is 7.79. The third-order valence-electron chi connectivity index (χ3n) is 3.70. The standard InChI is InChI=1S/C17H19N5O/c1-12-16(5-4-8-18-12)23-17-7-6-14(9-21-17)20-11-15-10-19-13(2)22(15)3/h4-10,20H,11H2,1-3H3. The molecule has 118 valence electrons. The molecule has 0 amide bonds. The molecule has 0 unspecified atom stereocenters. The SMILES string of the molecule is Cc1ncccc1Oc1ccc(NCc2cnc(C)n2C)cn1. The second kappa shape index (κ2) is 6.48. The van der Waals surface area contributed by atoms with Crippen LogP contribution < -0.4 is 10.1 Å². The van der Waals surface area contributed by atoms with Gasteiger partial charge in [0.2, 0.25) is 5.88 Å². The lowest BCUT2D eigenvalue weighted by Crippen LogP contribution is -2.05. The molecule has 0 aliphatic rings. The fourth-order valence-electron chi connectivity index (χ4n) is 2.14. The van der Waals surface area contributed by atoms with Crippen LogP contribution in [0, 0.1) is 13.8 Å². The molecular formula is C17H19N5O. The molecule has 3 aromatic rings. The summed E-state index contributed by atoms with van der Waals surface area (Å²) in [7, 11) is 2.00. The van der Waals surface area contributed by atoms with Gasteiger partial charge in [-0.05, 0) is 32.0 Å². The van der Waals surface area contributed by atoms with Crippen LogP contribution in [0.1, 0.15) is 17.2 Å². The second-order valence-corrected chi connectivity index (χ2v) is 5.28. The van der Waals surface area contributed by atoms with Crippen molar-refractivity contribution >= 4 is 5.69 Å². The summed E-state index contributed by atoms with van der Waals surface area (Å²) in [4.78, 5) is 12.8. The van der Waals surface area contributed by atoms with Gasteiger partial charge in [-0.15, -0.1) is 0 Å². The highest BCUT2D eigenvalue weighted by molar-refractivity contribution is 5.43. The zero-order valence-corrected chi connectivity index (χ0v) is 13.4. The Hall–Kier alpha value is -2.89. The van der Waals surface area contributed by atoms with Crippen LogP contribution >= 0.6 is 0 Å². The highest BCUT2D eigenvalue weighted by Crippen LogP contribution is 2.22. The Morgan fingerprint density at radius 1 is 1.09 bits per heavy atom. The molecule has 0 atom stereocenters. The first-order chi connectivity index (χ1) is 11.1. The van der Waals surface area contributed by atoms with Gasteiger partial charge < -0.3 is 14.6 Å². The fourth-order valence-corrected chi connectivity index (χ4v) is 2.14. The Bertz CT molecular complexity index is 795. The number of nitrogens with zero attached hydrogens (tertiary/aromatic N) is 4. The maximum atomic E-state index is 5.73. The van der Waals surface area contributed by atoms with E-state index in [1.807, 2.05) is 51.4 Å². The molecule has 6 heteroatoms. The fraction of sp³-hybridized carbons (Fsp3) is 0.235. The first kappa shape index (κ1) is 15.0. The van der Waals surface area contributed by atoms with Crippen LogP contribution in [0.5, 0.6) is 11.6 Å². The number of aromatic nitrogens is 4. The highest BCUT2D eigenvalue weighted by atomic mass is 16.5. The van der Waals surface area contributed by atoms with Gasteiger partial charge in [0.25, 0.3) is 0 Å². The number of imidazole rings is 1. The summed E-state index contributed by atoms with van der Waals surface area (Å²) in [6, 6.07) is 7.50. The minimum Gasteiger partial charge on any atom is -0.437 e. The van der Waals surface area contributed by atoms with Gasteiger partial charge in [0.05, 0.1) is 36.0 Å². The van der Waals surface area contributed by atoms with Crippen molar-refractivity contribution in [1.29, 1.82) is 0 Å². The molecule has 0 spiro atoms. The number of rotatable bonds is 5. The average Bonchev–Trinajstić information content (AvgIpc) is 2.88. The summed E-state index contributed by atoms with van der Waals surface area (Å²) >= 11 is 0. The van der Waals surface area contributed by atoms with Gasteiger partial charge in [0, 0.05) is 19.3 Å². The van der Waals surface area contributed by atoms with Crippen LogP contribution in [0.2, 0.25) is 0 Å². The van der Waals surface area contributed by atoms with E-state index in [1.165, 1.54) is 0 Å². The molecule has 6 nitrogen and oxygen atoms in total. The lowest BCUT2D eigenvalue weighted by atomic mass is 10.3. The van der Waals surface area contributed by atoms with Gasteiger partial charge in [0.15, 0.2) is 5.75 Å². The third-order valence-corrected chi connectivity index (χ3v) is 3.70. The number of ether oxygens (including phenoxy) is 1. The van der Waals surface area contributed by atoms with E-state index < -0.39 is 0 Å². The molecular weight excluding hydrogens is 290 g/mol. The average molecular weight is 309 g/mol. The van der Waals surface area contributed by atoms with Crippen molar-refractivity contribution in [1.82, 2.24) is 19.5 Å². The van der Waals surface area contributed by atoms with Crippen molar-refractivity contribution in [2.45, 2.75) is 20.4 Å². The number of nitrogens with one attached hydrogen (secondary N) is 1. The molecule has 0 bridgehead atoms. The summed E-state index contributed by atoms with van der Waals surface area (Å²) in [5.74, 6) is 2.25. The smallest absolute Gasteiger partial charge is 0.219 e. The summed E-state index contributed by atoms with van der Waals surface area (Å²) in [6.45, 7) is 4.58. The van der Waals surface area contributed by atoms with E-state index in [4.69, 9.17) is 4.74 Å². The summed E-state index contributed by atoms with van der Waals surface area (Å²) in [5.41, 5.74) is 2.89. The van der Waals surface area contributed by atoms with Gasteiger partial charge in [-0.3, -0.25) is 4.98 Å². The Morgan fingerprint density at radius 3 is 2.61 bits per heavy atom. The molecule has 0 aliphatic carbocycles. The molecule has 0 fully saturated rings. The third kappa shape index (κ3) is 3.48. The summed E-state index contributed by atoms with van der Waals surface area (Å²) in [6.07, 6.45) is 5.37. The molecule has 3 rings (SSSR count). The largest absolute Gasteiger partial charge is 0.437 e. The number of hydrogen-bond donors (Lipinski definition) is 1. The minimum absolute atomic E-state index is 0.544. The van der Waals surface area contributed by atoms with E-state index in [-0.39, 0.29) is 0 Å². The Labute approximate surface area is 135 Å². The van der Waals surface area contributed by atoms with E-state index in [0.29, 0.717) is 18.2 Å². The monoisotopic (exact) mass is 309 g/mol. The summed E-state index contributed by atoms with van der Waals surface area (Å²) in [5, 5.41) is 3.33. The number of aryl methyl sites for hydroxylation is 2. The Morgan fingerprint density at radius 2 is 1.96 bits per heavy atom. The highest BCUT2D eigenvalue weighted by Gasteiger charge is 2.04. The maximum Gasteiger partial charge on any atom is 0.219 e. The number of hydrogen-bond acceptors (Lipinski definition) is 5. The zero-order valence-electron chi connectivity index (χ0n) is 13.4. The van der Waals surface area contributed by atoms with Crippen molar-refractivity contribution in [2.75, 3.05) is 5.32 Å². The maximum absolute atomic E-state index is 5.73. The van der Waals surface area contributed by atoms with Crippen molar-refractivity contribution in [3.8, 4) is 11.6 Å². The molecule has 0 aliphatic heterocycles. The number of pyridine rings is 2. The molecule has 23 heavy (non-hydrogen) atoms. The first-order valence-electron chi connectivity index (χ1n) is 7.40. The van der Waals surface area contributed by atoms with Crippen molar-refractivity contribution in [2.24, 2.45) is 7.05 Å². The van der Waals surface area contributed by atoms with Gasteiger partial charge in [0.1, 0.15) is 5.82 Å². The molecule has 0 saturated carbocycles. The molecule has 0 radical (unpaired) electrons. The lowest BCUT2D eigenvalue weighted by molar-refractivity contribution is 0.457. The van der Waals surface area contributed by atoms with Crippen molar-refractivity contribution in [3.63, 3.8) is 0 Å². The van der Waals surface area contributed by atoms with Crippen LogP contribution in [0.3, 0.4) is 0 Å².